The Labute approximate surface area is 31.4 Å². The minimum absolute atomic E-state index is 0.750. The molecule has 0 unspecified atom stereocenters. The summed E-state index contributed by atoms with van der Waals surface area (Å²) in [6, 6.07) is 0. The zero-order valence-corrected chi connectivity index (χ0v) is 3.43. The van der Waals surface area contributed by atoms with Gasteiger partial charge in [-0.15, -0.1) is 0 Å². The fourth-order valence-corrected chi connectivity index (χ4v) is 0. The molecule has 0 aliphatic rings. The molecule has 0 aromatic carbocycles. The quantitative estimate of drug-likeness (QED) is 0.394. The number of hydrogen-bond donors (Lipinski definition) is 0. The molecule has 0 saturated carbocycles. The van der Waals surface area contributed by atoms with E-state index in [0.29, 0.717) is 0 Å². The molecule has 0 rings (SSSR count). The Balaban J connectivity index is 2.83. The standard InChI is InChI=1S/C3H7NO/c1-4(2)3-5/h3H,1-2H3/i1+2,2+2. The molecular formula is C3H7NO. The number of rotatable bonds is 1. The van der Waals surface area contributed by atoms with Crippen LogP contribution in [0.4, 0.5) is 0 Å². The van der Waals surface area contributed by atoms with Crippen LogP contribution >= 0.6 is 0 Å². The molecule has 0 aliphatic carbocycles. The Morgan fingerprint density at radius 2 is 1.80 bits per heavy atom. The smallest absolute Gasteiger partial charge is 0.209 e. The van der Waals surface area contributed by atoms with Crippen LogP contribution in [0.2, 0.25) is 0 Å². The van der Waals surface area contributed by atoms with Crippen molar-refractivity contribution in [2.45, 2.75) is 0 Å². The molecule has 0 aromatic rings. The Morgan fingerprint density at radius 1 is 1.60 bits per heavy atom. The molecule has 0 N–H and O–H groups in total. The number of nitrogens with zero attached hydrogens (tertiary/aromatic N) is 1. The molecule has 2 heteroatoms. The summed E-state index contributed by atoms with van der Waals surface area (Å²) in [6.07, 6.45) is 0.750. The summed E-state index contributed by atoms with van der Waals surface area (Å²) >= 11 is 0. The van der Waals surface area contributed by atoms with Crippen molar-refractivity contribution in [3.8, 4) is 0 Å². The Kier molecular flexibility index (Phi) is 1.57. The van der Waals surface area contributed by atoms with Gasteiger partial charge in [0.15, 0.2) is 0 Å². The van der Waals surface area contributed by atoms with E-state index in [0.717, 1.165) is 6.41 Å². The van der Waals surface area contributed by atoms with Crippen LogP contribution in [-0.4, -0.2) is 25.4 Å². The van der Waals surface area contributed by atoms with Crippen LogP contribution in [0.5, 0.6) is 0 Å². The maximum absolute atomic E-state index is 9.43. The lowest BCUT2D eigenvalue weighted by Crippen LogP contribution is -2.06. The van der Waals surface area contributed by atoms with Crippen LogP contribution in [0, 0.1) is 0 Å². The Bertz CT molecular complexity index is 33.9. The summed E-state index contributed by atoms with van der Waals surface area (Å²) in [5.41, 5.74) is 0. The van der Waals surface area contributed by atoms with Gasteiger partial charge in [-0.3, -0.25) is 4.79 Å². The molecular weight excluding hydrogens is 70.0 g/mol. The number of amides is 1. The van der Waals surface area contributed by atoms with Gasteiger partial charge in [0.05, 0.1) is 0 Å². The highest BCUT2D eigenvalue weighted by atomic mass is 16.2. The molecule has 0 aromatic heterocycles. The molecule has 1 amide bonds. The molecule has 0 fully saturated rings. The lowest BCUT2D eigenvalue weighted by Gasteiger charge is -1.93. The van der Waals surface area contributed by atoms with Gasteiger partial charge < -0.3 is 4.90 Å². The highest BCUT2D eigenvalue weighted by molar-refractivity contribution is 5.45. The third-order valence-corrected chi connectivity index (χ3v) is 0.211. The number of carbonyl (C=O) groups is 1. The van der Waals surface area contributed by atoms with Crippen LogP contribution < -0.4 is 0 Å². The van der Waals surface area contributed by atoms with Crippen molar-refractivity contribution in [3.05, 3.63) is 0 Å². The molecule has 0 atom stereocenters. The Hall–Kier alpha value is -0.530. The molecule has 30 valence electrons. The second kappa shape index (κ2) is 1.76. The van der Waals surface area contributed by atoms with Crippen molar-refractivity contribution in [3.63, 3.8) is 0 Å². The second-order valence-corrected chi connectivity index (χ2v) is 1.07. The van der Waals surface area contributed by atoms with E-state index < -0.39 is 0 Å². The molecule has 0 spiro atoms. The SMILES string of the molecule is [14CH3]N([14CH3])C=O. The average molecular weight is 77.1 g/mol. The summed E-state index contributed by atoms with van der Waals surface area (Å²) in [7, 11) is 3.38. The molecule has 0 aliphatic heterocycles. The first kappa shape index (κ1) is 4.47. The van der Waals surface area contributed by atoms with E-state index in [1.54, 1.807) is 14.1 Å². The summed E-state index contributed by atoms with van der Waals surface area (Å²) in [6.45, 7) is 0. The molecule has 0 bridgehead atoms. The minimum Gasteiger partial charge on any atom is -0.351 e. The van der Waals surface area contributed by atoms with Gasteiger partial charge in [0.2, 0.25) is 6.41 Å². The van der Waals surface area contributed by atoms with E-state index in [1.165, 1.54) is 4.90 Å². The summed E-state index contributed by atoms with van der Waals surface area (Å²) in [5, 5.41) is 0. The monoisotopic (exact) mass is 77.1 g/mol. The highest BCUT2D eigenvalue weighted by Gasteiger charge is 1.68. The fraction of sp³-hybridized carbons (Fsp3) is 0.667. The summed E-state index contributed by atoms with van der Waals surface area (Å²) in [4.78, 5) is 10.9. The topological polar surface area (TPSA) is 20.3 Å². The van der Waals surface area contributed by atoms with Gasteiger partial charge in [-0.05, 0) is 0 Å². The molecule has 0 radical (unpaired) electrons. The number of carbonyl (C=O) groups excluding carboxylic acids is 1. The van der Waals surface area contributed by atoms with Crippen LogP contribution in [-0.2, 0) is 4.79 Å². The number of hydrogen-bond acceptors (Lipinski definition) is 1. The van der Waals surface area contributed by atoms with Crippen LogP contribution in [0.1, 0.15) is 0 Å². The van der Waals surface area contributed by atoms with Gasteiger partial charge in [-0.2, -0.15) is 0 Å². The first-order valence-electron chi connectivity index (χ1n) is 1.39. The highest BCUT2D eigenvalue weighted by Crippen LogP contribution is 1.52. The zero-order chi connectivity index (χ0) is 4.28. The predicted molar refractivity (Wildman–Crippen MR) is 19.8 cm³/mol. The zero-order valence-electron chi connectivity index (χ0n) is 3.43. The van der Waals surface area contributed by atoms with E-state index in [1.807, 2.05) is 0 Å². The molecule has 5 heavy (non-hydrogen) atoms. The van der Waals surface area contributed by atoms with E-state index in [9.17, 15) is 4.79 Å². The normalized spacial score (nSPS) is 6.80. The fourth-order valence-electron chi connectivity index (χ4n) is 0. The van der Waals surface area contributed by atoms with Gasteiger partial charge >= 0.3 is 0 Å². The first-order chi connectivity index (χ1) is 2.27. The van der Waals surface area contributed by atoms with Crippen molar-refractivity contribution in [2.75, 3.05) is 14.1 Å². The van der Waals surface area contributed by atoms with E-state index >= 15 is 0 Å². The molecule has 0 saturated heterocycles. The van der Waals surface area contributed by atoms with Gasteiger partial charge in [-0.1, -0.05) is 0 Å². The first-order valence-corrected chi connectivity index (χ1v) is 1.39. The van der Waals surface area contributed by atoms with Crippen LogP contribution in [0.25, 0.3) is 0 Å². The lowest BCUT2D eigenvalue weighted by atomic mass is 11.4. The van der Waals surface area contributed by atoms with Crippen molar-refractivity contribution in [2.24, 2.45) is 0 Å². The van der Waals surface area contributed by atoms with Crippen molar-refractivity contribution in [1.82, 2.24) is 4.90 Å². The maximum atomic E-state index is 9.43. The second-order valence-electron chi connectivity index (χ2n) is 1.07. The average Bonchev–Trinajstić information content (AvgIpc) is 1.38. The van der Waals surface area contributed by atoms with Crippen LogP contribution in [0.15, 0.2) is 0 Å². The van der Waals surface area contributed by atoms with Crippen molar-refractivity contribution < 1.29 is 4.79 Å². The summed E-state index contributed by atoms with van der Waals surface area (Å²) < 4.78 is 0. The van der Waals surface area contributed by atoms with E-state index in [2.05, 4.69) is 0 Å². The molecule has 0 heterocycles. The van der Waals surface area contributed by atoms with Crippen molar-refractivity contribution in [1.29, 1.82) is 0 Å². The molecule has 2 nitrogen and oxygen atoms in total. The van der Waals surface area contributed by atoms with Crippen molar-refractivity contribution >= 4 is 6.41 Å². The minimum atomic E-state index is 0.750. The lowest BCUT2D eigenvalue weighted by molar-refractivity contribution is -0.115. The van der Waals surface area contributed by atoms with E-state index in [-0.39, 0.29) is 0 Å². The summed E-state index contributed by atoms with van der Waals surface area (Å²) in [5.74, 6) is 0. The maximum Gasteiger partial charge on any atom is 0.209 e. The third-order valence-electron chi connectivity index (χ3n) is 0.211. The van der Waals surface area contributed by atoms with E-state index in [4.69, 9.17) is 0 Å². The predicted octanol–water partition coefficient (Wildman–Crippen LogP) is -0.296. The van der Waals surface area contributed by atoms with Gasteiger partial charge in [0.25, 0.3) is 0 Å². The van der Waals surface area contributed by atoms with Gasteiger partial charge in [-0.25, -0.2) is 0 Å². The third kappa shape index (κ3) is 3.47. The van der Waals surface area contributed by atoms with Gasteiger partial charge in [0, 0.05) is 14.1 Å². The van der Waals surface area contributed by atoms with Gasteiger partial charge in [0.1, 0.15) is 0 Å². The van der Waals surface area contributed by atoms with Crippen LogP contribution in [0.3, 0.4) is 0 Å². The Morgan fingerprint density at radius 3 is 1.80 bits per heavy atom. The largest absolute Gasteiger partial charge is 0.351 e.